The van der Waals surface area contributed by atoms with E-state index in [2.05, 4.69) is 5.32 Å². The van der Waals surface area contributed by atoms with E-state index >= 15 is 0 Å². The maximum atomic E-state index is 14.1. The predicted molar refractivity (Wildman–Crippen MR) is 162 cm³/mol. The molecule has 3 rings (SSSR count). The van der Waals surface area contributed by atoms with Crippen LogP contribution in [0.2, 0.25) is 10.0 Å². The van der Waals surface area contributed by atoms with Crippen LogP contribution in [0, 0.1) is 6.92 Å². The van der Waals surface area contributed by atoms with Crippen LogP contribution in [0.15, 0.2) is 72.8 Å². The Hall–Kier alpha value is -3.07. The summed E-state index contributed by atoms with van der Waals surface area (Å²) in [7, 11) is -3.95. The highest BCUT2D eigenvalue weighted by molar-refractivity contribution is 7.92. The van der Waals surface area contributed by atoms with Gasteiger partial charge < -0.3 is 10.2 Å². The number of carbonyl (C=O) groups excluding carboxylic acids is 2. The number of anilines is 1. The molecule has 1 atom stereocenters. The summed E-state index contributed by atoms with van der Waals surface area (Å²) in [6.45, 7) is 3.99. The molecule has 1 N–H and O–H groups in total. The van der Waals surface area contributed by atoms with Gasteiger partial charge in [-0.1, -0.05) is 97.2 Å². The average molecular weight is 605 g/mol. The number of aryl methyl sites for hydroxylation is 1. The number of carbonyl (C=O) groups is 2. The summed E-state index contributed by atoms with van der Waals surface area (Å²) in [5.41, 5.74) is 2.76. The Balaban J connectivity index is 2.07. The van der Waals surface area contributed by atoms with E-state index < -0.39 is 28.5 Å². The molecule has 40 heavy (non-hydrogen) atoms. The molecule has 0 spiro atoms. The van der Waals surface area contributed by atoms with Gasteiger partial charge in [0.05, 0.1) is 22.0 Å². The Morgan fingerprint density at radius 1 is 0.950 bits per heavy atom. The van der Waals surface area contributed by atoms with Gasteiger partial charge in [-0.05, 0) is 42.2 Å². The van der Waals surface area contributed by atoms with Crippen LogP contribution in [0.25, 0.3) is 0 Å². The van der Waals surface area contributed by atoms with Crippen LogP contribution in [-0.4, -0.2) is 50.5 Å². The highest BCUT2D eigenvalue weighted by atomic mass is 35.5. The minimum atomic E-state index is -3.95. The van der Waals surface area contributed by atoms with Crippen LogP contribution in [0.3, 0.4) is 0 Å². The molecule has 0 aliphatic rings. The molecule has 0 aromatic heterocycles. The number of halogens is 2. The molecule has 0 fully saturated rings. The smallest absolute Gasteiger partial charge is 0.244 e. The summed E-state index contributed by atoms with van der Waals surface area (Å²) in [4.78, 5) is 29.2. The Morgan fingerprint density at radius 2 is 1.62 bits per heavy atom. The minimum Gasteiger partial charge on any atom is -0.354 e. The zero-order valence-corrected chi connectivity index (χ0v) is 25.3. The van der Waals surface area contributed by atoms with Gasteiger partial charge in [-0.25, -0.2) is 8.42 Å². The van der Waals surface area contributed by atoms with Gasteiger partial charge in [0.1, 0.15) is 12.6 Å². The van der Waals surface area contributed by atoms with E-state index in [1.165, 1.54) is 17.0 Å². The van der Waals surface area contributed by atoms with Gasteiger partial charge in [0.15, 0.2) is 0 Å². The summed E-state index contributed by atoms with van der Waals surface area (Å²) >= 11 is 12.5. The molecule has 0 unspecified atom stereocenters. The van der Waals surface area contributed by atoms with Crippen LogP contribution in [-0.2, 0) is 32.6 Å². The second-order valence-electron chi connectivity index (χ2n) is 9.64. The van der Waals surface area contributed by atoms with E-state index in [0.29, 0.717) is 6.54 Å². The van der Waals surface area contributed by atoms with Crippen molar-refractivity contribution in [3.63, 3.8) is 0 Å². The fourth-order valence-electron chi connectivity index (χ4n) is 4.31. The van der Waals surface area contributed by atoms with Crippen LogP contribution < -0.4 is 9.62 Å². The van der Waals surface area contributed by atoms with Gasteiger partial charge in [-0.15, -0.1) is 0 Å². The number of rotatable bonds is 13. The van der Waals surface area contributed by atoms with Crippen molar-refractivity contribution in [1.29, 1.82) is 0 Å². The lowest BCUT2D eigenvalue weighted by Crippen LogP contribution is -2.53. The van der Waals surface area contributed by atoms with Gasteiger partial charge in [-0.2, -0.15) is 0 Å². The van der Waals surface area contributed by atoms with Crippen LogP contribution in [0.1, 0.15) is 36.5 Å². The molecular formula is C30H35Cl2N3O4S. The molecular weight excluding hydrogens is 569 g/mol. The molecule has 0 bridgehead atoms. The van der Waals surface area contributed by atoms with Crippen molar-refractivity contribution < 1.29 is 18.0 Å². The first kappa shape index (κ1) is 31.5. The largest absolute Gasteiger partial charge is 0.354 e. The van der Waals surface area contributed by atoms with E-state index in [9.17, 15) is 18.0 Å². The number of hydrogen-bond acceptors (Lipinski definition) is 4. The Kier molecular flexibility index (Phi) is 11.4. The number of unbranched alkanes of at least 4 members (excludes halogenated alkanes) is 1. The van der Waals surface area contributed by atoms with E-state index in [1.807, 2.05) is 68.4 Å². The van der Waals surface area contributed by atoms with Crippen molar-refractivity contribution >= 4 is 50.7 Å². The number of nitrogens with zero attached hydrogens (tertiary/aromatic N) is 2. The lowest BCUT2D eigenvalue weighted by molar-refractivity contribution is -0.140. The standard InChI is InChI=1S/C30H35Cl2N3O4S/c1-4-5-18-33-30(37)27(19-23-13-7-6-8-14-23)34(20-24-15-10-9-12-22(24)2)28(36)21-35(40(3,38)39)26-17-11-16-25(31)29(26)32/h6-17,27H,4-5,18-21H2,1-3H3,(H,33,37)/t27-/m0/s1. The lowest BCUT2D eigenvalue weighted by atomic mass is 10.0. The van der Waals surface area contributed by atoms with Gasteiger partial charge in [-0.3, -0.25) is 13.9 Å². The van der Waals surface area contributed by atoms with E-state index in [1.54, 1.807) is 6.07 Å². The fourth-order valence-corrected chi connectivity index (χ4v) is 5.61. The second kappa shape index (κ2) is 14.5. The molecule has 0 aliphatic heterocycles. The first-order valence-corrected chi connectivity index (χ1v) is 15.7. The average Bonchev–Trinajstić information content (AvgIpc) is 2.92. The van der Waals surface area contributed by atoms with Crippen molar-refractivity contribution in [3.8, 4) is 0 Å². The Labute approximate surface area is 247 Å². The van der Waals surface area contributed by atoms with Crippen molar-refractivity contribution in [3.05, 3.63) is 99.5 Å². The molecule has 0 saturated carbocycles. The zero-order chi connectivity index (χ0) is 29.3. The molecule has 10 heteroatoms. The molecule has 0 heterocycles. The minimum absolute atomic E-state index is 0.0194. The van der Waals surface area contributed by atoms with Crippen LogP contribution in [0.5, 0.6) is 0 Å². The molecule has 0 radical (unpaired) electrons. The molecule has 7 nitrogen and oxygen atoms in total. The Bertz CT molecular complexity index is 1420. The predicted octanol–water partition coefficient (Wildman–Crippen LogP) is 5.62. The molecule has 2 amide bonds. The summed E-state index contributed by atoms with van der Waals surface area (Å²) in [6, 6.07) is 20.7. The normalized spacial score (nSPS) is 12.0. The first-order chi connectivity index (χ1) is 19.0. The first-order valence-electron chi connectivity index (χ1n) is 13.1. The molecule has 214 valence electrons. The number of nitrogens with one attached hydrogen (secondary N) is 1. The molecule has 0 saturated heterocycles. The summed E-state index contributed by atoms with van der Waals surface area (Å²) in [5.74, 6) is -0.845. The second-order valence-corrected chi connectivity index (χ2v) is 12.3. The van der Waals surface area contributed by atoms with Crippen molar-refractivity contribution in [1.82, 2.24) is 10.2 Å². The van der Waals surface area contributed by atoms with E-state index in [-0.39, 0.29) is 34.6 Å². The van der Waals surface area contributed by atoms with Crippen molar-refractivity contribution in [2.24, 2.45) is 0 Å². The highest BCUT2D eigenvalue weighted by Gasteiger charge is 2.33. The zero-order valence-electron chi connectivity index (χ0n) is 22.9. The lowest BCUT2D eigenvalue weighted by Gasteiger charge is -2.34. The maximum Gasteiger partial charge on any atom is 0.244 e. The van der Waals surface area contributed by atoms with Gasteiger partial charge in [0.25, 0.3) is 0 Å². The molecule has 3 aromatic rings. The number of amides is 2. The topological polar surface area (TPSA) is 86.8 Å². The van der Waals surface area contributed by atoms with Crippen LogP contribution >= 0.6 is 23.2 Å². The third kappa shape index (κ3) is 8.46. The van der Waals surface area contributed by atoms with Gasteiger partial charge in [0, 0.05) is 19.5 Å². The van der Waals surface area contributed by atoms with Crippen molar-refractivity contribution in [2.75, 3.05) is 23.7 Å². The number of sulfonamides is 1. The summed E-state index contributed by atoms with van der Waals surface area (Å²) in [5, 5.41) is 3.15. The van der Waals surface area contributed by atoms with Gasteiger partial charge in [0.2, 0.25) is 21.8 Å². The third-order valence-corrected chi connectivity index (χ3v) is 8.52. The summed E-state index contributed by atoms with van der Waals surface area (Å²) < 4.78 is 26.8. The monoisotopic (exact) mass is 603 g/mol. The number of hydrogen-bond donors (Lipinski definition) is 1. The molecule has 3 aromatic carbocycles. The van der Waals surface area contributed by atoms with Crippen LogP contribution in [0.4, 0.5) is 5.69 Å². The molecule has 0 aliphatic carbocycles. The summed E-state index contributed by atoms with van der Waals surface area (Å²) in [6.07, 6.45) is 2.96. The third-order valence-electron chi connectivity index (χ3n) is 6.58. The highest BCUT2D eigenvalue weighted by Crippen LogP contribution is 2.34. The Morgan fingerprint density at radius 3 is 2.27 bits per heavy atom. The SMILES string of the molecule is CCCCNC(=O)[C@H](Cc1ccccc1)N(Cc1ccccc1C)C(=O)CN(c1cccc(Cl)c1Cl)S(C)(=O)=O. The quantitative estimate of drug-likeness (QED) is 0.257. The fraction of sp³-hybridized carbons (Fsp3) is 0.333. The van der Waals surface area contributed by atoms with E-state index in [4.69, 9.17) is 23.2 Å². The van der Waals surface area contributed by atoms with E-state index in [0.717, 1.165) is 40.1 Å². The van der Waals surface area contributed by atoms with Gasteiger partial charge >= 0.3 is 0 Å². The maximum absolute atomic E-state index is 14.1. The van der Waals surface area contributed by atoms with Crippen molar-refractivity contribution in [2.45, 2.75) is 45.7 Å². The number of benzene rings is 3.